The molecule has 1 rings (SSSR count). The summed E-state index contributed by atoms with van der Waals surface area (Å²) in [5.41, 5.74) is -0.645. The van der Waals surface area contributed by atoms with Crippen LogP contribution in [0, 0.1) is 0 Å². The molecule has 0 spiro atoms. The van der Waals surface area contributed by atoms with E-state index in [-0.39, 0.29) is 12.0 Å². The van der Waals surface area contributed by atoms with E-state index in [1.165, 1.54) is 7.11 Å². The van der Waals surface area contributed by atoms with Crippen molar-refractivity contribution < 1.29 is 14.3 Å². The van der Waals surface area contributed by atoms with Gasteiger partial charge in [-0.2, -0.15) is 0 Å². The lowest BCUT2D eigenvalue weighted by atomic mass is 10.0. The highest BCUT2D eigenvalue weighted by Gasteiger charge is 2.41. The average molecular weight is 272 g/mol. The van der Waals surface area contributed by atoms with Gasteiger partial charge in [-0.25, -0.2) is 0 Å². The van der Waals surface area contributed by atoms with Crippen LogP contribution in [0.1, 0.15) is 33.6 Å². The van der Waals surface area contributed by atoms with Crippen LogP contribution in [0.2, 0.25) is 0 Å². The Morgan fingerprint density at radius 3 is 2.53 bits per heavy atom. The van der Waals surface area contributed by atoms with Gasteiger partial charge in [0.1, 0.15) is 5.54 Å². The third-order valence-electron chi connectivity index (χ3n) is 3.69. The van der Waals surface area contributed by atoms with Crippen LogP contribution in [0.5, 0.6) is 0 Å². The van der Waals surface area contributed by atoms with Crippen LogP contribution in [0.25, 0.3) is 0 Å². The smallest absolute Gasteiger partial charge is 0.327 e. The quantitative estimate of drug-likeness (QED) is 0.635. The molecule has 0 aliphatic heterocycles. The van der Waals surface area contributed by atoms with Crippen LogP contribution in [0.3, 0.4) is 0 Å². The van der Waals surface area contributed by atoms with Gasteiger partial charge in [-0.1, -0.05) is 6.92 Å². The molecule has 2 atom stereocenters. The first-order chi connectivity index (χ1) is 8.96. The molecule has 1 aliphatic rings. The van der Waals surface area contributed by atoms with Crippen molar-refractivity contribution in [3.05, 3.63) is 0 Å². The number of hydrogen-bond donors (Lipinski definition) is 1. The predicted octanol–water partition coefficient (Wildman–Crippen LogP) is 1.03. The largest absolute Gasteiger partial charge is 0.468 e. The first-order valence-electron chi connectivity index (χ1n) is 7.06. The minimum Gasteiger partial charge on any atom is -0.468 e. The molecule has 0 saturated heterocycles. The van der Waals surface area contributed by atoms with Gasteiger partial charge < -0.3 is 9.47 Å². The van der Waals surface area contributed by atoms with Crippen molar-refractivity contribution in [3.63, 3.8) is 0 Å². The summed E-state index contributed by atoms with van der Waals surface area (Å²) in [4.78, 5) is 14.3. The second-order valence-electron chi connectivity index (χ2n) is 5.61. The fraction of sp³-hybridized carbons (Fsp3) is 0.929. The van der Waals surface area contributed by atoms with Crippen molar-refractivity contribution >= 4 is 5.97 Å². The molecule has 0 amide bonds. The number of methoxy groups -OCH3 is 2. The fourth-order valence-corrected chi connectivity index (χ4v) is 2.40. The third-order valence-corrected chi connectivity index (χ3v) is 3.69. The second kappa shape index (κ2) is 7.22. The molecule has 1 N–H and O–H groups in total. The molecule has 112 valence electrons. The maximum absolute atomic E-state index is 12.1. The first-order valence-corrected chi connectivity index (χ1v) is 7.06. The first kappa shape index (κ1) is 16.4. The van der Waals surface area contributed by atoms with Crippen molar-refractivity contribution in [1.29, 1.82) is 0 Å². The van der Waals surface area contributed by atoms with Gasteiger partial charge in [-0.3, -0.25) is 15.0 Å². The monoisotopic (exact) mass is 272 g/mol. The Bertz CT molecular complexity index is 294. The maximum Gasteiger partial charge on any atom is 0.327 e. The number of esters is 1. The van der Waals surface area contributed by atoms with Gasteiger partial charge in [0.15, 0.2) is 0 Å². The zero-order valence-electron chi connectivity index (χ0n) is 12.9. The average Bonchev–Trinajstić information content (AvgIpc) is 3.18. The Balaban J connectivity index is 2.70. The Morgan fingerprint density at radius 2 is 2.11 bits per heavy atom. The Hall–Kier alpha value is -0.650. The molecule has 1 aliphatic carbocycles. The molecule has 0 aromatic rings. The summed E-state index contributed by atoms with van der Waals surface area (Å²) >= 11 is 0. The Kier molecular flexibility index (Phi) is 6.23. The molecule has 0 radical (unpaired) electrons. The summed E-state index contributed by atoms with van der Waals surface area (Å²) < 4.78 is 10.2. The van der Waals surface area contributed by atoms with E-state index in [0.717, 1.165) is 19.4 Å². The van der Waals surface area contributed by atoms with E-state index >= 15 is 0 Å². The van der Waals surface area contributed by atoms with Crippen molar-refractivity contribution in [2.75, 3.05) is 33.9 Å². The minimum absolute atomic E-state index is 0.192. The van der Waals surface area contributed by atoms with Gasteiger partial charge in [-0.15, -0.1) is 0 Å². The molecule has 1 fully saturated rings. The second-order valence-corrected chi connectivity index (χ2v) is 5.61. The van der Waals surface area contributed by atoms with Crippen molar-refractivity contribution in [2.24, 2.45) is 0 Å². The predicted molar refractivity (Wildman–Crippen MR) is 75.2 cm³/mol. The van der Waals surface area contributed by atoms with E-state index in [4.69, 9.17) is 9.47 Å². The number of carbonyl (C=O) groups excluding carboxylic acids is 1. The molecule has 2 unspecified atom stereocenters. The van der Waals surface area contributed by atoms with Gasteiger partial charge in [0.25, 0.3) is 0 Å². The van der Waals surface area contributed by atoms with Gasteiger partial charge in [0, 0.05) is 25.7 Å². The zero-order chi connectivity index (χ0) is 14.5. The number of likely N-dealkylation sites (N-methyl/N-ethyl adjacent to an activating group) is 1. The molecule has 0 aromatic heterocycles. The molecule has 0 bridgehead atoms. The molecular weight excluding hydrogens is 244 g/mol. The number of nitrogens with zero attached hydrogens (tertiary/aromatic N) is 1. The molecule has 5 heteroatoms. The van der Waals surface area contributed by atoms with Crippen LogP contribution in [0.4, 0.5) is 0 Å². The molecule has 1 saturated carbocycles. The minimum atomic E-state index is -0.645. The normalized spacial score (nSPS) is 20.1. The van der Waals surface area contributed by atoms with Crippen LogP contribution in [0.15, 0.2) is 0 Å². The summed E-state index contributed by atoms with van der Waals surface area (Å²) in [5, 5.41) is 3.42. The number of nitrogens with one attached hydrogen (secondary N) is 1. The molecule has 5 nitrogen and oxygen atoms in total. The third kappa shape index (κ3) is 4.75. The van der Waals surface area contributed by atoms with Gasteiger partial charge in [0.2, 0.25) is 0 Å². The summed E-state index contributed by atoms with van der Waals surface area (Å²) in [6, 6.07) is 0.737. The number of ether oxygens (including phenoxy) is 2. The van der Waals surface area contributed by atoms with E-state index in [0.29, 0.717) is 19.2 Å². The van der Waals surface area contributed by atoms with Crippen LogP contribution in [-0.4, -0.2) is 62.4 Å². The summed E-state index contributed by atoms with van der Waals surface area (Å²) in [6.07, 6.45) is 2.29. The lowest BCUT2D eigenvalue weighted by Gasteiger charge is -2.36. The molecule has 0 aromatic carbocycles. The highest BCUT2D eigenvalue weighted by atomic mass is 16.5. The Labute approximate surface area is 116 Å². The van der Waals surface area contributed by atoms with Crippen LogP contribution >= 0.6 is 0 Å². The van der Waals surface area contributed by atoms with Gasteiger partial charge in [-0.05, 0) is 33.2 Å². The number of carbonyl (C=O) groups is 1. The number of hydrogen-bond acceptors (Lipinski definition) is 5. The molecule has 0 heterocycles. The van der Waals surface area contributed by atoms with Gasteiger partial charge in [0.05, 0.1) is 13.7 Å². The lowest BCUT2D eigenvalue weighted by Crippen LogP contribution is -2.59. The SMILES string of the molecule is CCN(CC(C)(NC1CC1)C(=O)OC)C(C)COC. The standard InChI is InChI=1S/C14H28N2O3/c1-6-16(11(2)9-18-4)10-14(3,13(17)19-5)15-12-7-8-12/h11-12,15H,6-10H2,1-5H3. The lowest BCUT2D eigenvalue weighted by molar-refractivity contribution is -0.149. The van der Waals surface area contributed by atoms with Crippen LogP contribution < -0.4 is 5.32 Å². The summed E-state index contributed by atoms with van der Waals surface area (Å²) in [5.74, 6) is -0.192. The van der Waals surface area contributed by atoms with Gasteiger partial charge >= 0.3 is 5.97 Å². The molecule has 19 heavy (non-hydrogen) atoms. The van der Waals surface area contributed by atoms with E-state index in [9.17, 15) is 4.79 Å². The molecular formula is C14H28N2O3. The Morgan fingerprint density at radius 1 is 1.47 bits per heavy atom. The van der Waals surface area contributed by atoms with Crippen molar-refractivity contribution in [1.82, 2.24) is 10.2 Å². The van der Waals surface area contributed by atoms with E-state index < -0.39 is 5.54 Å². The topological polar surface area (TPSA) is 50.8 Å². The van der Waals surface area contributed by atoms with Crippen molar-refractivity contribution in [2.45, 2.75) is 51.2 Å². The van der Waals surface area contributed by atoms with E-state index in [1.54, 1.807) is 7.11 Å². The summed E-state index contributed by atoms with van der Waals surface area (Å²) in [6.45, 7) is 8.32. The van der Waals surface area contributed by atoms with Crippen molar-refractivity contribution in [3.8, 4) is 0 Å². The summed E-state index contributed by atoms with van der Waals surface area (Å²) in [7, 11) is 3.15. The van der Waals surface area contributed by atoms with Crippen LogP contribution in [-0.2, 0) is 14.3 Å². The number of rotatable bonds is 9. The fourth-order valence-electron chi connectivity index (χ4n) is 2.40. The zero-order valence-corrected chi connectivity index (χ0v) is 12.9. The maximum atomic E-state index is 12.1. The van der Waals surface area contributed by atoms with E-state index in [1.807, 2.05) is 6.92 Å². The van der Waals surface area contributed by atoms with E-state index in [2.05, 4.69) is 24.1 Å². The highest BCUT2D eigenvalue weighted by Crippen LogP contribution is 2.24. The highest BCUT2D eigenvalue weighted by molar-refractivity contribution is 5.80.